The summed E-state index contributed by atoms with van der Waals surface area (Å²) in [6.45, 7) is 6.96. The van der Waals surface area contributed by atoms with E-state index in [4.69, 9.17) is 11.5 Å². The maximum absolute atomic E-state index is 13.2. The number of carboxylic acids is 1. The molecule has 1 rings (SSSR count). The Morgan fingerprint density at radius 1 is 0.886 bits per heavy atom. The molecule has 0 aromatic heterocycles. The number of benzene rings is 1. The zero-order valence-corrected chi connectivity index (χ0v) is 20.6. The molecule has 1 aromatic rings. The Morgan fingerprint density at radius 2 is 1.43 bits per heavy atom. The highest BCUT2D eigenvalue weighted by Gasteiger charge is 2.33. The second kappa shape index (κ2) is 14.1. The summed E-state index contributed by atoms with van der Waals surface area (Å²) in [7, 11) is 0. The maximum Gasteiger partial charge on any atom is 0.326 e. The highest BCUT2D eigenvalue weighted by molar-refractivity contribution is 5.96. The molecule has 4 amide bonds. The summed E-state index contributed by atoms with van der Waals surface area (Å²) in [6, 6.07) is 4.27. The van der Waals surface area contributed by atoms with Gasteiger partial charge in [0.15, 0.2) is 0 Å². The van der Waals surface area contributed by atoms with Crippen molar-refractivity contribution < 1.29 is 29.1 Å². The molecule has 5 unspecified atom stereocenters. The Kier molecular flexibility index (Phi) is 11.9. The zero-order chi connectivity index (χ0) is 26.7. The van der Waals surface area contributed by atoms with E-state index in [9.17, 15) is 29.1 Å². The van der Waals surface area contributed by atoms with Gasteiger partial charge in [0.1, 0.15) is 18.1 Å². The third kappa shape index (κ3) is 9.73. The van der Waals surface area contributed by atoms with Gasteiger partial charge in [-0.1, -0.05) is 64.4 Å². The SMILES string of the molecule is CCC(C)C(NC(=O)C(CC(N)=O)NC(=O)C(Cc1ccccc1)NC(=O)C(N)C(C)C)C(=O)O. The van der Waals surface area contributed by atoms with Crippen molar-refractivity contribution >= 4 is 29.6 Å². The van der Waals surface area contributed by atoms with Crippen molar-refractivity contribution in [2.75, 3.05) is 0 Å². The van der Waals surface area contributed by atoms with E-state index in [1.165, 1.54) is 0 Å². The highest BCUT2D eigenvalue weighted by Crippen LogP contribution is 2.10. The van der Waals surface area contributed by atoms with Gasteiger partial charge in [0, 0.05) is 6.42 Å². The molecule has 11 heteroatoms. The van der Waals surface area contributed by atoms with Gasteiger partial charge in [-0.2, -0.15) is 0 Å². The van der Waals surface area contributed by atoms with Crippen LogP contribution in [-0.2, 0) is 30.4 Å². The Labute approximate surface area is 205 Å². The van der Waals surface area contributed by atoms with Gasteiger partial charge in [0.2, 0.25) is 23.6 Å². The molecule has 0 heterocycles. The minimum atomic E-state index is -1.43. The Hall–Kier alpha value is -3.47. The topological polar surface area (TPSA) is 194 Å². The first-order chi connectivity index (χ1) is 16.4. The minimum Gasteiger partial charge on any atom is -0.480 e. The molecular formula is C24H37N5O6. The smallest absolute Gasteiger partial charge is 0.326 e. The van der Waals surface area contributed by atoms with Crippen molar-refractivity contribution in [3.05, 3.63) is 35.9 Å². The summed E-state index contributed by atoms with van der Waals surface area (Å²) in [5, 5.41) is 16.9. The van der Waals surface area contributed by atoms with Crippen molar-refractivity contribution in [3.63, 3.8) is 0 Å². The molecule has 8 N–H and O–H groups in total. The van der Waals surface area contributed by atoms with E-state index >= 15 is 0 Å². The number of rotatable bonds is 14. The molecule has 5 atom stereocenters. The van der Waals surface area contributed by atoms with Crippen molar-refractivity contribution in [2.45, 2.75) is 71.1 Å². The average molecular weight is 492 g/mol. The molecule has 0 radical (unpaired) electrons. The monoisotopic (exact) mass is 491 g/mol. The summed E-state index contributed by atoms with van der Waals surface area (Å²) < 4.78 is 0. The largest absolute Gasteiger partial charge is 0.480 e. The molecule has 194 valence electrons. The molecule has 0 saturated carbocycles. The van der Waals surface area contributed by atoms with Gasteiger partial charge >= 0.3 is 5.97 Å². The number of primary amides is 1. The Bertz CT molecular complexity index is 892. The standard InChI is InChI=1S/C24H37N5O6/c1-5-14(4)20(24(34)35)29-22(32)17(12-18(25)30)27-21(31)16(11-15-9-7-6-8-10-15)28-23(33)19(26)13(2)3/h6-10,13-14,16-17,19-20H,5,11-12,26H2,1-4H3,(H2,25,30)(H,27,31)(H,28,33)(H,29,32)(H,34,35). The predicted octanol–water partition coefficient (Wildman–Crippen LogP) is -0.327. The van der Waals surface area contributed by atoms with E-state index < -0.39 is 66.1 Å². The zero-order valence-electron chi connectivity index (χ0n) is 20.6. The van der Waals surface area contributed by atoms with Gasteiger partial charge in [-0.15, -0.1) is 0 Å². The molecule has 35 heavy (non-hydrogen) atoms. The summed E-state index contributed by atoms with van der Waals surface area (Å²) in [5.41, 5.74) is 11.9. The third-order valence-corrected chi connectivity index (χ3v) is 5.75. The summed E-state index contributed by atoms with van der Waals surface area (Å²) >= 11 is 0. The number of carbonyl (C=O) groups excluding carboxylic acids is 4. The number of aliphatic carboxylic acids is 1. The summed E-state index contributed by atoms with van der Waals surface area (Å²) in [4.78, 5) is 61.8. The Balaban J connectivity index is 3.14. The van der Waals surface area contributed by atoms with Crippen LogP contribution in [0.4, 0.5) is 0 Å². The second-order valence-electron chi connectivity index (χ2n) is 8.96. The lowest BCUT2D eigenvalue weighted by Crippen LogP contribution is -2.59. The average Bonchev–Trinajstić information content (AvgIpc) is 2.80. The third-order valence-electron chi connectivity index (χ3n) is 5.75. The number of nitrogens with one attached hydrogen (secondary N) is 3. The van der Waals surface area contributed by atoms with Crippen LogP contribution in [0.15, 0.2) is 30.3 Å². The second-order valence-corrected chi connectivity index (χ2v) is 8.96. The number of amides is 4. The minimum absolute atomic E-state index is 0.0960. The molecule has 0 fully saturated rings. The van der Waals surface area contributed by atoms with Gasteiger partial charge in [-0.3, -0.25) is 19.2 Å². The van der Waals surface area contributed by atoms with Crippen LogP contribution in [0.25, 0.3) is 0 Å². The van der Waals surface area contributed by atoms with E-state index in [0.717, 1.165) is 5.56 Å². The van der Waals surface area contributed by atoms with E-state index in [0.29, 0.717) is 6.42 Å². The van der Waals surface area contributed by atoms with E-state index in [1.54, 1.807) is 58.0 Å². The fourth-order valence-electron chi connectivity index (χ4n) is 3.25. The number of nitrogens with two attached hydrogens (primary N) is 2. The van der Waals surface area contributed by atoms with Crippen molar-refractivity contribution in [1.29, 1.82) is 0 Å². The molecule has 0 aliphatic carbocycles. The van der Waals surface area contributed by atoms with Crippen molar-refractivity contribution in [3.8, 4) is 0 Å². The maximum atomic E-state index is 13.2. The first kappa shape index (κ1) is 29.6. The molecule has 0 aliphatic rings. The van der Waals surface area contributed by atoms with E-state index in [2.05, 4.69) is 16.0 Å². The molecule has 0 bridgehead atoms. The number of carboxylic acid groups (broad SMARTS) is 1. The van der Waals surface area contributed by atoms with Gasteiger partial charge in [0.05, 0.1) is 12.5 Å². The van der Waals surface area contributed by atoms with Crippen LogP contribution in [0.1, 0.15) is 46.1 Å². The quantitative estimate of drug-likeness (QED) is 0.205. The normalized spacial score (nSPS) is 15.3. The molecule has 0 saturated heterocycles. The highest BCUT2D eigenvalue weighted by atomic mass is 16.4. The van der Waals surface area contributed by atoms with Crippen LogP contribution >= 0.6 is 0 Å². The summed E-state index contributed by atoms with van der Waals surface area (Å²) in [5.74, 6) is -4.85. The molecule has 11 nitrogen and oxygen atoms in total. The molecule has 0 aliphatic heterocycles. The van der Waals surface area contributed by atoms with E-state index in [1.807, 2.05) is 0 Å². The van der Waals surface area contributed by atoms with Gasteiger partial charge < -0.3 is 32.5 Å². The van der Waals surface area contributed by atoms with Crippen LogP contribution in [-0.4, -0.2) is 58.9 Å². The van der Waals surface area contributed by atoms with Crippen LogP contribution < -0.4 is 27.4 Å². The van der Waals surface area contributed by atoms with Gasteiger partial charge in [-0.25, -0.2) is 4.79 Å². The van der Waals surface area contributed by atoms with Crippen molar-refractivity contribution in [2.24, 2.45) is 23.3 Å². The van der Waals surface area contributed by atoms with Crippen LogP contribution in [0.3, 0.4) is 0 Å². The number of carbonyl (C=O) groups is 5. The predicted molar refractivity (Wildman–Crippen MR) is 130 cm³/mol. The summed E-state index contributed by atoms with van der Waals surface area (Å²) in [6.07, 6.45) is 0.0199. The first-order valence-electron chi connectivity index (χ1n) is 11.6. The van der Waals surface area contributed by atoms with Crippen LogP contribution in [0, 0.1) is 11.8 Å². The first-order valence-corrected chi connectivity index (χ1v) is 11.6. The van der Waals surface area contributed by atoms with Gasteiger partial charge in [-0.05, 0) is 17.4 Å². The lowest BCUT2D eigenvalue weighted by atomic mass is 9.98. The molecular weight excluding hydrogens is 454 g/mol. The lowest BCUT2D eigenvalue weighted by molar-refractivity contribution is -0.144. The molecule has 0 spiro atoms. The van der Waals surface area contributed by atoms with Crippen LogP contribution in [0.5, 0.6) is 0 Å². The van der Waals surface area contributed by atoms with E-state index in [-0.39, 0.29) is 12.3 Å². The fourth-order valence-corrected chi connectivity index (χ4v) is 3.25. The number of hydrogen-bond donors (Lipinski definition) is 6. The number of hydrogen-bond acceptors (Lipinski definition) is 6. The molecule has 1 aromatic carbocycles. The van der Waals surface area contributed by atoms with Crippen LogP contribution in [0.2, 0.25) is 0 Å². The van der Waals surface area contributed by atoms with Gasteiger partial charge in [0.25, 0.3) is 0 Å². The van der Waals surface area contributed by atoms with Crippen molar-refractivity contribution in [1.82, 2.24) is 16.0 Å². The Morgan fingerprint density at radius 3 is 1.91 bits per heavy atom. The lowest BCUT2D eigenvalue weighted by Gasteiger charge is -2.26. The fraction of sp³-hybridized carbons (Fsp3) is 0.542.